The molecule has 5 unspecified atom stereocenters. The molecule has 3 saturated heterocycles. The van der Waals surface area contributed by atoms with E-state index in [1.165, 1.54) is 4.90 Å². The Hall–Kier alpha value is -1.76. The van der Waals surface area contributed by atoms with Crippen LogP contribution in [0.3, 0.4) is 0 Å². The quantitative estimate of drug-likeness (QED) is 0.770. The molecule has 124 valence electrons. The van der Waals surface area contributed by atoms with Crippen LogP contribution in [0.2, 0.25) is 0 Å². The van der Waals surface area contributed by atoms with Crippen molar-refractivity contribution in [1.29, 1.82) is 0 Å². The minimum atomic E-state index is -0.538. The Bertz CT molecular complexity index is 649. The van der Waals surface area contributed by atoms with Crippen LogP contribution in [0, 0.1) is 11.8 Å². The molecule has 0 saturated carbocycles. The van der Waals surface area contributed by atoms with Crippen molar-refractivity contribution in [2.45, 2.75) is 64.2 Å². The Morgan fingerprint density at radius 1 is 1.13 bits per heavy atom. The lowest BCUT2D eigenvalue weighted by molar-refractivity contribution is -0.145. The molecule has 0 N–H and O–H groups in total. The van der Waals surface area contributed by atoms with Gasteiger partial charge in [0.2, 0.25) is 17.7 Å². The lowest BCUT2D eigenvalue weighted by Crippen LogP contribution is -2.36. The van der Waals surface area contributed by atoms with Gasteiger partial charge in [0.25, 0.3) is 0 Å². The summed E-state index contributed by atoms with van der Waals surface area (Å²) in [5.41, 5.74) is -0.246. The van der Waals surface area contributed by atoms with Gasteiger partial charge >= 0.3 is 0 Å². The van der Waals surface area contributed by atoms with Gasteiger partial charge in [-0.3, -0.25) is 14.5 Å². The van der Waals surface area contributed by atoms with Gasteiger partial charge in [-0.2, -0.15) is 4.98 Å². The molecule has 0 spiro atoms. The summed E-state index contributed by atoms with van der Waals surface area (Å²) in [6, 6.07) is -0.538. The Morgan fingerprint density at radius 3 is 2.17 bits per heavy atom. The summed E-state index contributed by atoms with van der Waals surface area (Å²) in [5.74, 6) is -0.0836. The molecule has 7 nitrogen and oxygen atoms in total. The average molecular weight is 319 g/mol. The second kappa shape index (κ2) is 4.63. The number of hydrogen-bond donors (Lipinski definition) is 0. The van der Waals surface area contributed by atoms with E-state index in [2.05, 4.69) is 10.1 Å². The SMILES string of the molecule is CC(c1nc(C(C)(C)C)no1)N1C(=O)C2C3CCC(O3)C2C1=O. The number of ether oxygens (including phenoxy) is 1. The summed E-state index contributed by atoms with van der Waals surface area (Å²) in [6.07, 6.45) is 1.52. The van der Waals surface area contributed by atoms with Gasteiger partial charge in [-0.15, -0.1) is 0 Å². The standard InChI is InChI=1S/C16H21N3O4/c1-7(12-17-15(18-23-12)16(2,3)4)19-13(20)10-8-5-6-9(22-8)11(10)14(19)21/h7-11H,5-6H2,1-4H3. The zero-order valence-electron chi connectivity index (χ0n) is 13.8. The first kappa shape index (κ1) is 14.8. The number of fused-ring (bicyclic) bond motifs is 5. The molecule has 23 heavy (non-hydrogen) atoms. The van der Waals surface area contributed by atoms with Crippen LogP contribution in [0.1, 0.15) is 58.3 Å². The van der Waals surface area contributed by atoms with Gasteiger partial charge in [-0.05, 0) is 19.8 Å². The third kappa shape index (κ3) is 1.99. The zero-order valence-corrected chi connectivity index (χ0v) is 13.8. The molecule has 0 aromatic carbocycles. The lowest BCUT2D eigenvalue weighted by Gasteiger charge is -2.21. The Morgan fingerprint density at radius 2 is 1.70 bits per heavy atom. The predicted molar refractivity (Wildman–Crippen MR) is 78.1 cm³/mol. The fourth-order valence-electron chi connectivity index (χ4n) is 3.94. The summed E-state index contributed by atoms with van der Waals surface area (Å²) in [7, 11) is 0. The van der Waals surface area contributed by atoms with E-state index < -0.39 is 6.04 Å². The summed E-state index contributed by atoms with van der Waals surface area (Å²) in [6.45, 7) is 7.72. The fourth-order valence-corrected chi connectivity index (χ4v) is 3.94. The van der Waals surface area contributed by atoms with E-state index >= 15 is 0 Å². The van der Waals surface area contributed by atoms with E-state index in [1.807, 2.05) is 20.8 Å². The molecular weight excluding hydrogens is 298 g/mol. The monoisotopic (exact) mass is 319 g/mol. The molecule has 3 aliphatic rings. The summed E-state index contributed by atoms with van der Waals surface area (Å²) in [4.78, 5) is 31.2. The van der Waals surface area contributed by atoms with E-state index in [0.29, 0.717) is 11.7 Å². The molecule has 4 heterocycles. The summed E-state index contributed by atoms with van der Waals surface area (Å²) in [5, 5.41) is 3.98. The van der Waals surface area contributed by atoms with Crippen LogP contribution in [-0.4, -0.2) is 39.1 Å². The van der Waals surface area contributed by atoms with Gasteiger partial charge in [0, 0.05) is 5.41 Å². The van der Waals surface area contributed by atoms with Crippen LogP contribution >= 0.6 is 0 Å². The number of carbonyl (C=O) groups is 2. The summed E-state index contributed by atoms with van der Waals surface area (Å²) >= 11 is 0. The minimum absolute atomic E-state index is 0.105. The first-order chi connectivity index (χ1) is 10.8. The second-order valence-corrected chi connectivity index (χ2v) is 7.77. The molecule has 3 aliphatic heterocycles. The Labute approximate surface area is 134 Å². The molecule has 4 rings (SSSR count). The normalized spacial score (nSPS) is 34.3. The van der Waals surface area contributed by atoms with Crippen LogP contribution in [-0.2, 0) is 19.7 Å². The van der Waals surface area contributed by atoms with E-state index in [0.717, 1.165) is 12.8 Å². The van der Waals surface area contributed by atoms with Crippen molar-refractivity contribution in [3.8, 4) is 0 Å². The number of amides is 2. The van der Waals surface area contributed by atoms with Crippen molar-refractivity contribution >= 4 is 11.8 Å². The maximum Gasteiger partial charge on any atom is 0.249 e. The van der Waals surface area contributed by atoms with Gasteiger partial charge in [0.15, 0.2) is 5.82 Å². The molecule has 5 atom stereocenters. The molecule has 2 bridgehead atoms. The van der Waals surface area contributed by atoms with Crippen LogP contribution in [0.4, 0.5) is 0 Å². The van der Waals surface area contributed by atoms with Gasteiger partial charge in [0.1, 0.15) is 6.04 Å². The number of imide groups is 1. The van der Waals surface area contributed by atoms with E-state index in [9.17, 15) is 9.59 Å². The third-order valence-electron chi connectivity index (χ3n) is 5.18. The van der Waals surface area contributed by atoms with Crippen LogP contribution in [0.15, 0.2) is 4.52 Å². The van der Waals surface area contributed by atoms with E-state index in [4.69, 9.17) is 9.26 Å². The molecule has 0 aliphatic carbocycles. The topological polar surface area (TPSA) is 85.5 Å². The summed E-state index contributed by atoms with van der Waals surface area (Å²) < 4.78 is 11.1. The zero-order chi connectivity index (χ0) is 16.5. The fraction of sp³-hybridized carbons (Fsp3) is 0.750. The molecule has 2 amide bonds. The largest absolute Gasteiger partial charge is 0.373 e. The van der Waals surface area contributed by atoms with Crippen molar-refractivity contribution in [3.05, 3.63) is 11.7 Å². The van der Waals surface area contributed by atoms with Crippen LogP contribution < -0.4 is 0 Å². The molecule has 1 aromatic heterocycles. The van der Waals surface area contributed by atoms with Gasteiger partial charge in [-0.1, -0.05) is 25.9 Å². The van der Waals surface area contributed by atoms with Gasteiger partial charge in [-0.25, -0.2) is 0 Å². The number of hydrogen-bond acceptors (Lipinski definition) is 6. The molecular formula is C16H21N3O4. The number of rotatable bonds is 2. The molecule has 0 radical (unpaired) electrons. The van der Waals surface area contributed by atoms with Crippen LogP contribution in [0.25, 0.3) is 0 Å². The highest BCUT2D eigenvalue weighted by Crippen LogP contribution is 2.50. The van der Waals surface area contributed by atoms with Gasteiger partial charge in [0.05, 0.1) is 24.0 Å². The maximum atomic E-state index is 12.7. The number of likely N-dealkylation sites (tertiary alicyclic amines) is 1. The lowest BCUT2D eigenvalue weighted by atomic mass is 9.81. The van der Waals surface area contributed by atoms with E-state index in [-0.39, 0.29) is 41.3 Å². The van der Waals surface area contributed by atoms with Crippen molar-refractivity contribution in [1.82, 2.24) is 15.0 Å². The maximum absolute atomic E-state index is 12.7. The highest BCUT2D eigenvalue weighted by molar-refractivity contribution is 6.06. The smallest absolute Gasteiger partial charge is 0.249 e. The first-order valence-electron chi connectivity index (χ1n) is 8.15. The predicted octanol–water partition coefficient (Wildman–Crippen LogP) is 1.59. The van der Waals surface area contributed by atoms with Crippen molar-refractivity contribution in [2.75, 3.05) is 0 Å². The highest BCUT2D eigenvalue weighted by Gasteiger charge is 2.63. The first-order valence-corrected chi connectivity index (χ1v) is 8.15. The van der Waals surface area contributed by atoms with Crippen molar-refractivity contribution in [2.24, 2.45) is 11.8 Å². The Kier molecular flexibility index (Phi) is 2.98. The molecule has 3 fully saturated rings. The number of nitrogens with zero attached hydrogens (tertiary/aromatic N) is 3. The van der Waals surface area contributed by atoms with E-state index in [1.54, 1.807) is 6.92 Å². The second-order valence-electron chi connectivity index (χ2n) is 7.77. The third-order valence-corrected chi connectivity index (χ3v) is 5.18. The van der Waals surface area contributed by atoms with Crippen LogP contribution in [0.5, 0.6) is 0 Å². The Balaban J connectivity index is 1.62. The number of carbonyl (C=O) groups excluding carboxylic acids is 2. The average Bonchev–Trinajstić information content (AvgIpc) is 3.21. The van der Waals surface area contributed by atoms with Crippen molar-refractivity contribution < 1.29 is 18.8 Å². The minimum Gasteiger partial charge on any atom is -0.373 e. The van der Waals surface area contributed by atoms with Crippen molar-refractivity contribution in [3.63, 3.8) is 0 Å². The molecule has 1 aromatic rings. The highest BCUT2D eigenvalue weighted by atomic mass is 16.5. The number of aromatic nitrogens is 2. The van der Waals surface area contributed by atoms with Gasteiger partial charge < -0.3 is 9.26 Å². The molecule has 7 heteroatoms.